The molecule has 2 saturated heterocycles. The largest absolute Gasteiger partial charge is 0.311 e. The molecule has 0 spiro atoms. The number of hydrogen-bond donors (Lipinski definition) is 1. The highest BCUT2D eigenvalue weighted by Crippen LogP contribution is 2.63. The van der Waals surface area contributed by atoms with Gasteiger partial charge in [0.15, 0.2) is 0 Å². The number of nitrogens with zero attached hydrogens (tertiary/aromatic N) is 4. The number of piperidine rings is 1. The molecule has 9 heteroatoms. The number of benzene rings is 1. The Labute approximate surface area is 226 Å². The van der Waals surface area contributed by atoms with E-state index in [0.29, 0.717) is 23.7 Å². The second-order valence-corrected chi connectivity index (χ2v) is 13.1. The summed E-state index contributed by atoms with van der Waals surface area (Å²) in [6.45, 7) is 13.6. The lowest BCUT2D eigenvalue weighted by Crippen LogP contribution is -2.53. The minimum atomic E-state index is -0.204. The maximum atomic E-state index is 12.9. The number of piperazine rings is 1. The molecule has 0 bridgehead atoms. The van der Waals surface area contributed by atoms with Crippen LogP contribution in [0.1, 0.15) is 43.7 Å². The van der Waals surface area contributed by atoms with E-state index in [-0.39, 0.29) is 29.1 Å². The van der Waals surface area contributed by atoms with Gasteiger partial charge in [-0.1, -0.05) is 25.4 Å². The van der Waals surface area contributed by atoms with Gasteiger partial charge in [0.2, 0.25) is 11.8 Å². The van der Waals surface area contributed by atoms with Gasteiger partial charge in [-0.15, -0.1) is 11.3 Å². The molecule has 1 aromatic carbocycles. The van der Waals surface area contributed by atoms with Crippen molar-refractivity contribution in [3.63, 3.8) is 0 Å². The summed E-state index contributed by atoms with van der Waals surface area (Å²) >= 11 is 8.12. The van der Waals surface area contributed by atoms with Crippen LogP contribution in [0.3, 0.4) is 0 Å². The Morgan fingerprint density at radius 2 is 1.84 bits per heavy atom. The summed E-state index contributed by atoms with van der Waals surface area (Å²) in [4.78, 5) is 39.9. The van der Waals surface area contributed by atoms with Crippen LogP contribution >= 0.6 is 22.9 Å². The molecule has 2 aliphatic heterocycles. The van der Waals surface area contributed by atoms with Gasteiger partial charge in [0, 0.05) is 47.2 Å². The number of thiophene rings is 1. The van der Waals surface area contributed by atoms with Crippen LogP contribution in [0.25, 0.3) is 21.5 Å². The minimum absolute atomic E-state index is 0.0455. The number of aromatic nitrogens is 2. The predicted molar refractivity (Wildman–Crippen MR) is 146 cm³/mol. The van der Waals surface area contributed by atoms with Crippen LogP contribution in [0.2, 0.25) is 5.02 Å². The van der Waals surface area contributed by atoms with E-state index < -0.39 is 0 Å². The summed E-state index contributed by atoms with van der Waals surface area (Å²) in [7, 11) is 0. The third-order valence-corrected chi connectivity index (χ3v) is 9.85. The third-order valence-electron chi connectivity index (χ3n) is 8.52. The summed E-state index contributed by atoms with van der Waals surface area (Å²) in [5.74, 6) is -0.430. The molecule has 6 rings (SSSR count). The Hall–Kier alpha value is -2.39. The smallest absolute Gasteiger partial charge is 0.234 e. The zero-order valence-corrected chi connectivity index (χ0v) is 23.4. The molecule has 1 N–H and O–H groups in total. The number of carbonyl (C=O) groups is 2. The average molecular weight is 538 g/mol. The number of carbonyl (C=O) groups excluding carboxylic acids is 2. The molecule has 2 unspecified atom stereocenters. The molecule has 194 valence electrons. The minimum Gasteiger partial charge on any atom is -0.311 e. The first-order valence-corrected chi connectivity index (χ1v) is 14.1. The molecule has 7 nitrogen and oxygen atoms in total. The molecule has 4 atom stereocenters. The molecule has 4 heterocycles. The van der Waals surface area contributed by atoms with Crippen molar-refractivity contribution in [2.45, 2.75) is 59.8 Å². The van der Waals surface area contributed by atoms with E-state index in [9.17, 15) is 9.59 Å². The van der Waals surface area contributed by atoms with Crippen LogP contribution < -0.4 is 5.32 Å². The maximum Gasteiger partial charge on any atom is 0.234 e. The van der Waals surface area contributed by atoms with Crippen molar-refractivity contribution in [3.05, 3.63) is 45.6 Å². The molecule has 2 amide bonds. The number of halogens is 1. The topological polar surface area (TPSA) is 78.4 Å². The van der Waals surface area contributed by atoms with Gasteiger partial charge in [-0.2, -0.15) is 0 Å². The summed E-state index contributed by atoms with van der Waals surface area (Å²) in [5, 5.41) is 4.23. The number of rotatable bonds is 5. The fourth-order valence-electron chi connectivity index (χ4n) is 6.20. The molecular weight excluding hydrogens is 506 g/mol. The molecule has 1 saturated carbocycles. The van der Waals surface area contributed by atoms with Crippen LogP contribution in [-0.2, 0) is 22.7 Å². The molecule has 0 radical (unpaired) electrons. The van der Waals surface area contributed by atoms with Crippen LogP contribution in [0, 0.1) is 24.2 Å². The number of nitrogens with one attached hydrogen (secondary N) is 1. The van der Waals surface area contributed by atoms with Crippen molar-refractivity contribution in [2.75, 3.05) is 13.1 Å². The van der Waals surface area contributed by atoms with Gasteiger partial charge in [0.25, 0.3) is 0 Å². The lowest BCUT2D eigenvalue weighted by atomic mass is 9.97. The lowest BCUT2D eigenvalue weighted by molar-refractivity contribution is -0.143. The highest BCUT2D eigenvalue weighted by Gasteiger charge is 2.72. The Morgan fingerprint density at radius 1 is 1.11 bits per heavy atom. The Balaban J connectivity index is 1.35. The first kappa shape index (κ1) is 24.9. The Morgan fingerprint density at radius 3 is 2.57 bits per heavy atom. The number of hydrogen-bond acceptors (Lipinski definition) is 7. The average Bonchev–Trinajstić information content (AvgIpc) is 3.09. The molecule has 3 aliphatic rings. The van der Waals surface area contributed by atoms with Crippen LogP contribution in [0.15, 0.2) is 24.5 Å². The predicted octanol–water partition coefficient (Wildman–Crippen LogP) is 4.64. The van der Waals surface area contributed by atoms with Gasteiger partial charge in [-0.05, 0) is 55.5 Å². The quantitative estimate of drug-likeness (QED) is 0.478. The zero-order chi connectivity index (χ0) is 26.2. The second kappa shape index (κ2) is 8.83. The van der Waals surface area contributed by atoms with E-state index in [1.54, 1.807) is 17.7 Å². The number of likely N-dealkylation sites (tertiary alicyclic amines) is 1. The normalized spacial score (nSPS) is 27.2. The summed E-state index contributed by atoms with van der Waals surface area (Å²) in [5.41, 5.74) is 4.83. The summed E-state index contributed by atoms with van der Waals surface area (Å²) in [6.07, 6.45) is 1.59. The van der Waals surface area contributed by atoms with Crippen LogP contribution in [0.5, 0.6) is 0 Å². The van der Waals surface area contributed by atoms with E-state index in [0.717, 1.165) is 51.5 Å². The first-order valence-electron chi connectivity index (χ1n) is 12.9. The number of aryl methyl sites for hydroxylation is 1. The van der Waals surface area contributed by atoms with E-state index in [1.165, 1.54) is 10.5 Å². The molecular formula is C28H32ClN5O2S. The number of fused-ring (bicyclic) bond motifs is 2. The Kier molecular flexibility index (Phi) is 5.95. The lowest BCUT2D eigenvalue weighted by Gasteiger charge is -2.38. The van der Waals surface area contributed by atoms with Crippen molar-refractivity contribution < 1.29 is 9.59 Å². The van der Waals surface area contributed by atoms with E-state index in [4.69, 9.17) is 16.6 Å². The highest BCUT2D eigenvalue weighted by molar-refractivity contribution is 7.19. The monoisotopic (exact) mass is 537 g/mol. The maximum absolute atomic E-state index is 12.9. The van der Waals surface area contributed by atoms with Crippen molar-refractivity contribution >= 4 is 45.0 Å². The van der Waals surface area contributed by atoms with E-state index in [1.807, 2.05) is 32.0 Å². The Bertz CT molecular complexity index is 1410. The van der Waals surface area contributed by atoms with E-state index in [2.05, 4.69) is 36.0 Å². The molecule has 2 aromatic heterocycles. The van der Waals surface area contributed by atoms with Crippen molar-refractivity contribution in [2.24, 2.45) is 17.3 Å². The van der Waals surface area contributed by atoms with Gasteiger partial charge in [-0.3, -0.25) is 19.4 Å². The summed E-state index contributed by atoms with van der Waals surface area (Å²) in [6, 6.07) is 6.87. The third kappa shape index (κ3) is 4.09. The molecule has 37 heavy (non-hydrogen) atoms. The molecule has 3 aromatic rings. The second-order valence-electron chi connectivity index (χ2n) is 11.5. The number of imide groups is 1. The van der Waals surface area contributed by atoms with Gasteiger partial charge < -0.3 is 5.32 Å². The van der Waals surface area contributed by atoms with Crippen molar-refractivity contribution in [3.8, 4) is 11.3 Å². The molecule has 3 fully saturated rings. The fourth-order valence-corrected chi connectivity index (χ4v) is 7.58. The fraction of sp³-hybridized carbons (Fsp3) is 0.500. The highest BCUT2D eigenvalue weighted by atomic mass is 35.5. The number of amides is 2. The standard InChI is InChI=1S/C28H32ClN5O2S/c1-14-6-17(29)7-19(20(14)12-33-10-15(2)30-9-16(33)3)24-25-21(31-13-32-24)8-18(37-25)11-34-26(35)22-23(27(34)36)28(22,4)5/h6-8,13,15-16,22-23,30H,9-12H2,1-5H3/t15-,16+,22?,23?/m1/s1. The van der Waals surface area contributed by atoms with Crippen LogP contribution in [-0.4, -0.2) is 56.8 Å². The van der Waals surface area contributed by atoms with Crippen molar-refractivity contribution in [1.82, 2.24) is 25.1 Å². The summed E-state index contributed by atoms with van der Waals surface area (Å²) < 4.78 is 0.951. The first-order chi connectivity index (χ1) is 17.6. The van der Waals surface area contributed by atoms with Gasteiger partial charge in [0.1, 0.15) is 6.33 Å². The van der Waals surface area contributed by atoms with E-state index >= 15 is 0 Å². The molecule has 1 aliphatic carbocycles. The van der Waals surface area contributed by atoms with Gasteiger partial charge in [-0.25, -0.2) is 9.97 Å². The zero-order valence-electron chi connectivity index (χ0n) is 21.8. The van der Waals surface area contributed by atoms with Crippen molar-refractivity contribution in [1.29, 1.82) is 0 Å². The van der Waals surface area contributed by atoms with Crippen LogP contribution in [0.4, 0.5) is 0 Å². The SMILES string of the molecule is Cc1cc(Cl)cc(-c2ncnc3cc(CN4C(=O)C5C(C4=O)C5(C)C)sc23)c1CN1C[C@@H](C)NC[C@@H]1C. The van der Waals surface area contributed by atoms with Gasteiger partial charge in [0.05, 0.1) is 34.3 Å². The van der Waals surface area contributed by atoms with Gasteiger partial charge >= 0.3 is 0 Å².